The summed E-state index contributed by atoms with van der Waals surface area (Å²) in [7, 11) is 0. The molecule has 4 aromatic rings. The maximum Gasteiger partial charge on any atom is 0.139 e. The SMILES string of the molecule is Cc1ccccc1-c1nc(C(C)C)cc2oc3ccccc3c12. The lowest BCUT2D eigenvalue weighted by Gasteiger charge is -2.11. The van der Waals surface area contributed by atoms with Crippen molar-refractivity contribution in [1.29, 1.82) is 0 Å². The number of benzene rings is 2. The van der Waals surface area contributed by atoms with Crippen LogP contribution in [0.15, 0.2) is 59.0 Å². The average molecular weight is 301 g/mol. The summed E-state index contributed by atoms with van der Waals surface area (Å²) in [6.45, 7) is 6.46. The number of furan rings is 1. The van der Waals surface area contributed by atoms with Crippen molar-refractivity contribution in [3.8, 4) is 11.3 Å². The Morgan fingerprint density at radius 1 is 0.913 bits per heavy atom. The van der Waals surface area contributed by atoms with E-state index < -0.39 is 0 Å². The second kappa shape index (κ2) is 5.24. The molecule has 2 aromatic heterocycles. The van der Waals surface area contributed by atoms with Crippen molar-refractivity contribution in [3.63, 3.8) is 0 Å². The third-order valence-corrected chi connectivity index (χ3v) is 4.37. The van der Waals surface area contributed by atoms with Gasteiger partial charge >= 0.3 is 0 Å². The molecule has 0 unspecified atom stereocenters. The standard InChI is InChI=1S/C21H19NO/c1-13(2)17-12-19-20(16-10-6-7-11-18(16)23-19)21(22-17)15-9-5-4-8-14(15)3/h4-13H,1-3H3. The predicted molar refractivity (Wildman–Crippen MR) is 95.8 cm³/mol. The van der Waals surface area contributed by atoms with Gasteiger partial charge in [-0.05, 0) is 24.5 Å². The zero-order valence-corrected chi connectivity index (χ0v) is 13.6. The largest absolute Gasteiger partial charge is 0.456 e. The molecule has 0 saturated carbocycles. The highest BCUT2D eigenvalue weighted by atomic mass is 16.3. The Labute approximate surface area is 135 Å². The molecule has 2 heterocycles. The van der Waals surface area contributed by atoms with E-state index in [0.717, 1.165) is 33.3 Å². The molecule has 0 spiro atoms. The zero-order valence-electron chi connectivity index (χ0n) is 13.6. The lowest BCUT2D eigenvalue weighted by atomic mass is 9.99. The molecule has 2 nitrogen and oxygen atoms in total. The van der Waals surface area contributed by atoms with Gasteiger partial charge in [0.25, 0.3) is 0 Å². The highest BCUT2D eigenvalue weighted by molar-refractivity contribution is 6.11. The van der Waals surface area contributed by atoms with E-state index in [1.807, 2.05) is 12.1 Å². The van der Waals surface area contributed by atoms with Crippen molar-refractivity contribution in [1.82, 2.24) is 4.98 Å². The van der Waals surface area contributed by atoms with E-state index in [4.69, 9.17) is 9.40 Å². The van der Waals surface area contributed by atoms with Crippen LogP contribution in [-0.4, -0.2) is 4.98 Å². The molecule has 2 aromatic carbocycles. The second-order valence-electron chi connectivity index (χ2n) is 6.34. The first-order chi connectivity index (χ1) is 11.1. The van der Waals surface area contributed by atoms with Crippen LogP contribution in [0.4, 0.5) is 0 Å². The monoisotopic (exact) mass is 301 g/mol. The molecule has 0 aliphatic heterocycles. The van der Waals surface area contributed by atoms with E-state index in [-0.39, 0.29) is 0 Å². The topological polar surface area (TPSA) is 26.0 Å². The minimum absolute atomic E-state index is 0.357. The van der Waals surface area contributed by atoms with Gasteiger partial charge in [0.1, 0.15) is 11.2 Å². The van der Waals surface area contributed by atoms with Crippen LogP contribution in [0, 0.1) is 6.92 Å². The number of rotatable bonds is 2. The van der Waals surface area contributed by atoms with E-state index in [1.165, 1.54) is 11.1 Å². The van der Waals surface area contributed by atoms with Gasteiger partial charge in [-0.3, -0.25) is 4.98 Å². The Hall–Kier alpha value is -2.61. The molecule has 114 valence electrons. The lowest BCUT2D eigenvalue weighted by Crippen LogP contribution is -1.96. The zero-order chi connectivity index (χ0) is 16.0. The van der Waals surface area contributed by atoms with Crippen LogP contribution in [-0.2, 0) is 0 Å². The Morgan fingerprint density at radius 2 is 1.65 bits per heavy atom. The van der Waals surface area contributed by atoms with Crippen molar-refractivity contribution in [2.45, 2.75) is 26.7 Å². The number of hydrogen-bond acceptors (Lipinski definition) is 2. The Kier molecular flexibility index (Phi) is 3.19. The molecule has 0 saturated heterocycles. The predicted octanol–water partition coefficient (Wildman–Crippen LogP) is 6.08. The van der Waals surface area contributed by atoms with Gasteiger partial charge in [-0.25, -0.2) is 0 Å². The van der Waals surface area contributed by atoms with Gasteiger partial charge in [0.15, 0.2) is 0 Å². The average Bonchev–Trinajstić information content (AvgIpc) is 2.93. The van der Waals surface area contributed by atoms with Gasteiger partial charge < -0.3 is 4.42 Å². The Bertz CT molecular complexity index is 1010. The van der Waals surface area contributed by atoms with Gasteiger partial charge in [0.2, 0.25) is 0 Å². The van der Waals surface area contributed by atoms with Crippen molar-refractivity contribution in [2.24, 2.45) is 0 Å². The van der Waals surface area contributed by atoms with Crippen LogP contribution in [0.2, 0.25) is 0 Å². The van der Waals surface area contributed by atoms with Gasteiger partial charge in [0.05, 0.1) is 11.1 Å². The molecule has 0 aliphatic rings. The summed E-state index contributed by atoms with van der Waals surface area (Å²) in [5.41, 5.74) is 6.33. The molecule has 4 rings (SSSR count). The van der Waals surface area contributed by atoms with Crippen molar-refractivity contribution in [2.75, 3.05) is 0 Å². The molecular formula is C21H19NO. The van der Waals surface area contributed by atoms with Crippen LogP contribution in [0.25, 0.3) is 33.2 Å². The summed E-state index contributed by atoms with van der Waals surface area (Å²) in [5.74, 6) is 0.357. The van der Waals surface area contributed by atoms with Gasteiger partial charge in [-0.15, -0.1) is 0 Å². The van der Waals surface area contributed by atoms with E-state index in [2.05, 4.69) is 63.2 Å². The number of aryl methyl sites for hydroxylation is 1. The molecule has 0 fully saturated rings. The van der Waals surface area contributed by atoms with Crippen LogP contribution < -0.4 is 0 Å². The molecule has 0 amide bonds. The summed E-state index contributed by atoms with van der Waals surface area (Å²) < 4.78 is 6.11. The van der Waals surface area contributed by atoms with Crippen LogP contribution in [0.5, 0.6) is 0 Å². The van der Waals surface area contributed by atoms with Gasteiger partial charge in [-0.2, -0.15) is 0 Å². The number of fused-ring (bicyclic) bond motifs is 3. The van der Waals surface area contributed by atoms with Crippen molar-refractivity contribution in [3.05, 3.63) is 65.9 Å². The summed E-state index contributed by atoms with van der Waals surface area (Å²) in [6.07, 6.45) is 0. The van der Waals surface area contributed by atoms with Crippen molar-refractivity contribution >= 4 is 21.9 Å². The van der Waals surface area contributed by atoms with Gasteiger partial charge in [0, 0.05) is 22.7 Å². The molecule has 0 N–H and O–H groups in total. The fourth-order valence-electron chi connectivity index (χ4n) is 3.09. The maximum absolute atomic E-state index is 6.11. The normalized spacial score (nSPS) is 11.7. The number of aromatic nitrogens is 1. The summed E-state index contributed by atoms with van der Waals surface area (Å²) in [6, 6.07) is 18.7. The number of nitrogens with zero attached hydrogens (tertiary/aromatic N) is 1. The molecular weight excluding hydrogens is 282 g/mol. The lowest BCUT2D eigenvalue weighted by molar-refractivity contribution is 0.666. The first-order valence-corrected chi connectivity index (χ1v) is 8.03. The van der Waals surface area contributed by atoms with E-state index >= 15 is 0 Å². The quantitative estimate of drug-likeness (QED) is 0.448. The van der Waals surface area contributed by atoms with Crippen LogP contribution >= 0.6 is 0 Å². The smallest absolute Gasteiger partial charge is 0.139 e. The molecule has 0 radical (unpaired) electrons. The molecule has 23 heavy (non-hydrogen) atoms. The third kappa shape index (κ3) is 2.22. The summed E-state index contributed by atoms with van der Waals surface area (Å²) >= 11 is 0. The maximum atomic E-state index is 6.11. The Morgan fingerprint density at radius 3 is 2.43 bits per heavy atom. The van der Waals surface area contributed by atoms with Crippen LogP contribution in [0.1, 0.15) is 31.0 Å². The number of hydrogen-bond donors (Lipinski definition) is 0. The molecule has 0 atom stereocenters. The second-order valence-corrected chi connectivity index (χ2v) is 6.34. The number of pyridine rings is 1. The minimum Gasteiger partial charge on any atom is -0.456 e. The highest BCUT2D eigenvalue weighted by Crippen LogP contribution is 2.37. The third-order valence-electron chi connectivity index (χ3n) is 4.37. The van der Waals surface area contributed by atoms with E-state index in [9.17, 15) is 0 Å². The van der Waals surface area contributed by atoms with E-state index in [0.29, 0.717) is 5.92 Å². The first-order valence-electron chi connectivity index (χ1n) is 8.03. The number of para-hydroxylation sites is 1. The summed E-state index contributed by atoms with van der Waals surface area (Å²) in [4.78, 5) is 4.99. The molecule has 2 heteroatoms. The summed E-state index contributed by atoms with van der Waals surface area (Å²) in [5, 5.41) is 2.24. The highest BCUT2D eigenvalue weighted by Gasteiger charge is 2.17. The molecule has 0 bridgehead atoms. The van der Waals surface area contributed by atoms with E-state index in [1.54, 1.807) is 0 Å². The fraction of sp³-hybridized carbons (Fsp3) is 0.190. The van der Waals surface area contributed by atoms with Gasteiger partial charge in [-0.1, -0.05) is 56.3 Å². The minimum atomic E-state index is 0.357. The fourth-order valence-corrected chi connectivity index (χ4v) is 3.09. The molecule has 0 aliphatic carbocycles. The van der Waals surface area contributed by atoms with Crippen LogP contribution in [0.3, 0.4) is 0 Å². The Balaban J connectivity index is 2.17. The first kappa shape index (κ1) is 14.0. The van der Waals surface area contributed by atoms with Crippen molar-refractivity contribution < 1.29 is 4.42 Å².